The molecule has 2 aromatic carbocycles. The molecule has 1 amide bonds. The van der Waals surface area contributed by atoms with E-state index in [0.29, 0.717) is 5.75 Å². The zero-order chi connectivity index (χ0) is 20.9. The number of nitrogens with one attached hydrogen (secondary N) is 1. The molecule has 3 aromatic rings. The highest BCUT2D eigenvalue weighted by molar-refractivity contribution is 7.99. The van der Waals surface area contributed by atoms with Crippen LogP contribution in [0.1, 0.15) is 44.6 Å². The van der Waals surface area contributed by atoms with Crippen LogP contribution in [0.4, 0.5) is 5.69 Å². The second-order valence-electron chi connectivity index (χ2n) is 7.97. The van der Waals surface area contributed by atoms with Gasteiger partial charge in [0.2, 0.25) is 5.91 Å². The zero-order valence-electron chi connectivity index (χ0n) is 17.5. The minimum atomic E-state index is -0.0474. The lowest BCUT2D eigenvalue weighted by molar-refractivity contribution is -0.113. The summed E-state index contributed by atoms with van der Waals surface area (Å²) in [6.45, 7) is 9.36. The molecule has 1 heterocycles. The van der Waals surface area contributed by atoms with Gasteiger partial charge in [0.25, 0.3) is 0 Å². The summed E-state index contributed by atoms with van der Waals surface area (Å²) >= 11 is 1.42. The van der Waals surface area contributed by atoms with Gasteiger partial charge in [0.15, 0.2) is 5.16 Å². The summed E-state index contributed by atoms with van der Waals surface area (Å²) in [6, 6.07) is 18.3. The number of nitrogens with zero attached hydrogens (tertiary/aromatic N) is 3. The van der Waals surface area contributed by atoms with E-state index in [9.17, 15) is 4.79 Å². The largest absolute Gasteiger partial charge is 0.325 e. The van der Waals surface area contributed by atoms with Crippen LogP contribution in [-0.2, 0) is 23.2 Å². The van der Waals surface area contributed by atoms with Crippen LogP contribution < -0.4 is 5.32 Å². The molecule has 3 rings (SSSR count). The molecule has 1 N–H and O–H groups in total. The number of hydrogen-bond donors (Lipinski definition) is 1. The molecule has 0 unspecified atom stereocenters. The monoisotopic (exact) mass is 408 g/mol. The van der Waals surface area contributed by atoms with E-state index in [0.717, 1.165) is 29.6 Å². The Morgan fingerprint density at radius 3 is 2.34 bits per heavy atom. The van der Waals surface area contributed by atoms with Crippen molar-refractivity contribution in [2.75, 3.05) is 11.1 Å². The quantitative estimate of drug-likeness (QED) is 0.564. The Morgan fingerprint density at radius 2 is 1.72 bits per heavy atom. The first-order valence-corrected chi connectivity index (χ1v) is 10.8. The normalized spacial score (nSPS) is 11.4. The van der Waals surface area contributed by atoms with Gasteiger partial charge in [-0.3, -0.25) is 4.79 Å². The van der Waals surface area contributed by atoms with Gasteiger partial charge in [0.05, 0.1) is 5.75 Å². The maximum absolute atomic E-state index is 12.4. The first-order valence-electron chi connectivity index (χ1n) is 9.86. The number of thioether (sulfide) groups is 1. The smallest absolute Gasteiger partial charge is 0.234 e. The average Bonchev–Trinajstić information content (AvgIpc) is 3.08. The third-order valence-electron chi connectivity index (χ3n) is 4.68. The molecule has 6 heteroatoms. The Hall–Kier alpha value is -2.60. The van der Waals surface area contributed by atoms with Gasteiger partial charge in [0.1, 0.15) is 5.82 Å². The van der Waals surface area contributed by atoms with Crippen molar-refractivity contribution in [3.05, 3.63) is 71.5 Å². The lowest BCUT2D eigenvalue weighted by Gasteiger charge is -2.19. The van der Waals surface area contributed by atoms with E-state index in [2.05, 4.69) is 72.0 Å². The number of carbonyl (C=O) groups is 1. The predicted molar refractivity (Wildman–Crippen MR) is 119 cm³/mol. The Labute approximate surface area is 176 Å². The fourth-order valence-corrected chi connectivity index (χ4v) is 3.85. The second-order valence-corrected chi connectivity index (χ2v) is 8.91. The van der Waals surface area contributed by atoms with E-state index in [1.54, 1.807) is 0 Å². The Kier molecular flexibility index (Phi) is 6.75. The lowest BCUT2D eigenvalue weighted by Crippen LogP contribution is -2.15. The predicted octanol–water partition coefficient (Wildman–Crippen LogP) is 4.92. The van der Waals surface area contributed by atoms with Gasteiger partial charge >= 0.3 is 0 Å². The molecular weight excluding hydrogens is 380 g/mol. The number of anilines is 1. The van der Waals surface area contributed by atoms with Gasteiger partial charge in [-0.25, -0.2) is 0 Å². The van der Waals surface area contributed by atoms with E-state index < -0.39 is 0 Å². The van der Waals surface area contributed by atoms with Crippen LogP contribution in [0.5, 0.6) is 0 Å². The summed E-state index contributed by atoms with van der Waals surface area (Å²) in [4.78, 5) is 12.4. The topological polar surface area (TPSA) is 59.8 Å². The summed E-state index contributed by atoms with van der Waals surface area (Å²) in [6.07, 6.45) is 0.731. The van der Waals surface area contributed by atoms with Gasteiger partial charge in [-0.15, -0.1) is 10.2 Å². The summed E-state index contributed by atoms with van der Waals surface area (Å²) in [5, 5.41) is 12.4. The second kappa shape index (κ2) is 9.27. The van der Waals surface area contributed by atoms with E-state index in [1.807, 2.05) is 30.3 Å². The van der Waals surface area contributed by atoms with Gasteiger partial charge in [-0.05, 0) is 35.6 Å². The highest BCUT2D eigenvalue weighted by Crippen LogP contribution is 2.24. The fraction of sp³-hybridized carbons (Fsp3) is 0.348. The van der Waals surface area contributed by atoms with Crippen LogP contribution >= 0.6 is 11.8 Å². The van der Waals surface area contributed by atoms with Crippen molar-refractivity contribution in [3.63, 3.8) is 0 Å². The van der Waals surface area contributed by atoms with Crippen LogP contribution in [0.2, 0.25) is 0 Å². The van der Waals surface area contributed by atoms with Crippen molar-refractivity contribution in [1.29, 1.82) is 0 Å². The van der Waals surface area contributed by atoms with Crippen LogP contribution in [0.3, 0.4) is 0 Å². The molecule has 0 saturated carbocycles. The molecule has 152 valence electrons. The maximum Gasteiger partial charge on any atom is 0.234 e. The van der Waals surface area contributed by atoms with Crippen molar-refractivity contribution in [2.45, 2.75) is 51.2 Å². The van der Waals surface area contributed by atoms with Gasteiger partial charge < -0.3 is 9.88 Å². The van der Waals surface area contributed by atoms with E-state index >= 15 is 0 Å². The number of benzene rings is 2. The number of amides is 1. The Morgan fingerprint density at radius 1 is 1.03 bits per heavy atom. The zero-order valence-corrected chi connectivity index (χ0v) is 18.3. The van der Waals surface area contributed by atoms with Gasteiger partial charge in [-0.2, -0.15) is 0 Å². The Bertz CT molecular complexity index is 943. The first kappa shape index (κ1) is 21.1. The fourth-order valence-electron chi connectivity index (χ4n) is 3.03. The summed E-state index contributed by atoms with van der Waals surface area (Å²) in [5.74, 6) is 1.16. The molecule has 0 aliphatic heterocycles. The number of hydrogen-bond acceptors (Lipinski definition) is 4. The summed E-state index contributed by atoms with van der Waals surface area (Å²) in [7, 11) is 0. The molecule has 0 bridgehead atoms. The molecular formula is C23H28N4OS. The van der Waals surface area contributed by atoms with Crippen molar-refractivity contribution >= 4 is 23.4 Å². The molecule has 0 radical (unpaired) electrons. The van der Waals surface area contributed by atoms with Gasteiger partial charge in [0, 0.05) is 18.7 Å². The average molecular weight is 409 g/mol. The maximum atomic E-state index is 12.4. The van der Waals surface area contributed by atoms with Crippen LogP contribution in [0.25, 0.3) is 0 Å². The molecule has 0 spiro atoms. The van der Waals surface area contributed by atoms with E-state index in [-0.39, 0.29) is 11.3 Å². The van der Waals surface area contributed by atoms with Gasteiger partial charge in [-0.1, -0.05) is 75.0 Å². The van der Waals surface area contributed by atoms with Crippen molar-refractivity contribution in [3.8, 4) is 0 Å². The van der Waals surface area contributed by atoms with E-state index in [4.69, 9.17) is 0 Å². The molecule has 0 fully saturated rings. The number of carbonyl (C=O) groups excluding carboxylic acids is 1. The molecule has 0 aliphatic rings. The molecule has 1 aromatic heterocycles. The summed E-state index contributed by atoms with van der Waals surface area (Å²) < 4.78 is 2.07. The molecule has 0 aliphatic carbocycles. The molecule has 29 heavy (non-hydrogen) atoms. The third-order valence-corrected chi connectivity index (χ3v) is 5.65. The van der Waals surface area contributed by atoms with Crippen molar-refractivity contribution in [1.82, 2.24) is 14.8 Å². The Balaban J connectivity index is 1.59. The van der Waals surface area contributed by atoms with Crippen molar-refractivity contribution < 1.29 is 4.79 Å². The standard InChI is InChI=1S/C23H28N4OS/c1-5-27-20(15-17-9-7-6-8-10-17)25-26-22(27)29-16-21(28)24-19-13-11-18(12-14-19)23(2,3)4/h6-14H,5,15-16H2,1-4H3,(H,24,28). The van der Waals surface area contributed by atoms with Crippen LogP contribution in [0, 0.1) is 0 Å². The SMILES string of the molecule is CCn1c(Cc2ccccc2)nnc1SCC(=O)Nc1ccc(C(C)(C)C)cc1. The molecule has 0 atom stereocenters. The lowest BCUT2D eigenvalue weighted by atomic mass is 9.87. The van der Waals surface area contributed by atoms with E-state index in [1.165, 1.54) is 22.9 Å². The van der Waals surface area contributed by atoms with Crippen molar-refractivity contribution in [2.24, 2.45) is 0 Å². The minimum Gasteiger partial charge on any atom is -0.325 e. The molecule has 5 nitrogen and oxygen atoms in total. The minimum absolute atomic E-state index is 0.0474. The summed E-state index contributed by atoms with van der Waals surface area (Å²) in [5.41, 5.74) is 3.35. The highest BCUT2D eigenvalue weighted by Gasteiger charge is 2.15. The number of rotatable bonds is 7. The third kappa shape index (κ3) is 5.70. The number of aromatic nitrogens is 3. The highest BCUT2D eigenvalue weighted by atomic mass is 32.2. The first-order chi connectivity index (χ1) is 13.9. The van der Waals surface area contributed by atoms with Crippen LogP contribution in [-0.4, -0.2) is 26.4 Å². The molecule has 0 saturated heterocycles. The van der Waals surface area contributed by atoms with Crippen LogP contribution in [0.15, 0.2) is 59.8 Å².